The highest BCUT2D eigenvalue weighted by Crippen LogP contribution is 2.32. The van der Waals surface area contributed by atoms with E-state index in [-0.39, 0.29) is 5.82 Å². The first-order valence-corrected chi connectivity index (χ1v) is 8.39. The number of rotatable bonds is 4. The first-order valence-electron chi connectivity index (χ1n) is 7.57. The van der Waals surface area contributed by atoms with Gasteiger partial charge in [0.05, 0.1) is 10.2 Å². The van der Waals surface area contributed by atoms with E-state index >= 15 is 0 Å². The van der Waals surface area contributed by atoms with Crippen LogP contribution in [0.5, 0.6) is 0 Å². The lowest BCUT2D eigenvalue weighted by Crippen LogP contribution is -2.25. The second-order valence-electron chi connectivity index (χ2n) is 5.78. The van der Waals surface area contributed by atoms with Gasteiger partial charge in [0.25, 0.3) is 0 Å². The van der Waals surface area contributed by atoms with Gasteiger partial charge in [-0.15, -0.1) is 0 Å². The molecule has 1 heterocycles. The van der Waals surface area contributed by atoms with Gasteiger partial charge in [-0.1, -0.05) is 31.1 Å². The third-order valence-electron chi connectivity index (χ3n) is 4.22. The van der Waals surface area contributed by atoms with Crippen molar-refractivity contribution in [1.29, 1.82) is 0 Å². The molecule has 0 amide bonds. The van der Waals surface area contributed by atoms with Gasteiger partial charge in [-0.2, -0.15) is 0 Å². The van der Waals surface area contributed by atoms with Crippen molar-refractivity contribution in [2.45, 2.75) is 51.5 Å². The smallest absolute Gasteiger partial charge is 0.184 e. The third kappa shape index (κ3) is 3.11. The zero-order chi connectivity index (χ0) is 13.9. The minimum atomic E-state index is -0.213. The van der Waals surface area contributed by atoms with Gasteiger partial charge in [0.2, 0.25) is 0 Å². The van der Waals surface area contributed by atoms with Crippen LogP contribution >= 0.6 is 11.3 Å². The Hall–Kier alpha value is -1.16. The van der Waals surface area contributed by atoms with Crippen LogP contribution in [0.25, 0.3) is 10.2 Å². The fourth-order valence-corrected chi connectivity index (χ4v) is 4.06. The summed E-state index contributed by atoms with van der Waals surface area (Å²) in [4.78, 5) is 4.49. The molecule has 1 N–H and O–H groups in total. The molecule has 0 bridgehead atoms. The summed E-state index contributed by atoms with van der Waals surface area (Å²) in [7, 11) is 0. The van der Waals surface area contributed by atoms with E-state index in [1.165, 1.54) is 50.7 Å². The normalized spacial score (nSPS) is 23.1. The molecule has 0 spiro atoms. The average molecular weight is 292 g/mol. The Morgan fingerprint density at radius 1 is 1.30 bits per heavy atom. The Kier molecular flexibility index (Phi) is 4.20. The number of nitrogens with zero attached hydrogens (tertiary/aromatic N) is 1. The van der Waals surface area contributed by atoms with E-state index in [1.807, 2.05) is 6.07 Å². The van der Waals surface area contributed by atoms with Crippen molar-refractivity contribution < 1.29 is 4.39 Å². The Bertz CT molecular complexity index is 573. The van der Waals surface area contributed by atoms with Gasteiger partial charge in [-0.05, 0) is 43.7 Å². The van der Waals surface area contributed by atoms with E-state index in [2.05, 4.69) is 17.2 Å². The Balaban J connectivity index is 1.62. The van der Waals surface area contributed by atoms with E-state index in [1.54, 1.807) is 11.3 Å². The Labute approximate surface area is 123 Å². The predicted octanol–water partition coefficient (Wildman–Crippen LogP) is 5.21. The van der Waals surface area contributed by atoms with Gasteiger partial charge in [-0.3, -0.25) is 0 Å². The summed E-state index contributed by atoms with van der Waals surface area (Å²) in [6.07, 6.45) is 7.78. The SMILES string of the molecule is CCCC1CCC(Nc2nc3cc(F)ccc3s2)CC1. The van der Waals surface area contributed by atoms with Crippen molar-refractivity contribution in [3.8, 4) is 0 Å². The summed E-state index contributed by atoms with van der Waals surface area (Å²) in [5.41, 5.74) is 0.761. The number of hydrogen-bond donors (Lipinski definition) is 1. The molecule has 2 nitrogen and oxygen atoms in total. The Morgan fingerprint density at radius 3 is 2.85 bits per heavy atom. The maximum absolute atomic E-state index is 13.2. The zero-order valence-electron chi connectivity index (χ0n) is 11.9. The number of aromatic nitrogens is 1. The molecule has 2 aromatic rings. The van der Waals surface area contributed by atoms with Crippen LogP contribution in [0, 0.1) is 11.7 Å². The standard InChI is InChI=1S/C16H21FN2S/c1-2-3-11-4-7-13(8-5-11)18-16-19-14-10-12(17)6-9-15(14)20-16/h6,9-11,13H,2-5,7-8H2,1H3,(H,18,19). The van der Waals surface area contributed by atoms with E-state index in [4.69, 9.17) is 0 Å². The predicted molar refractivity (Wildman–Crippen MR) is 83.9 cm³/mol. The molecule has 1 saturated carbocycles. The highest BCUT2D eigenvalue weighted by atomic mass is 32.1. The molecule has 0 saturated heterocycles. The van der Waals surface area contributed by atoms with Crippen LogP contribution in [0.2, 0.25) is 0 Å². The molecule has 0 aliphatic heterocycles. The van der Waals surface area contributed by atoms with E-state index < -0.39 is 0 Å². The monoisotopic (exact) mass is 292 g/mol. The molecule has 0 unspecified atom stereocenters. The fourth-order valence-electron chi connectivity index (χ4n) is 3.14. The van der Waals surface area contributed by atoms with Crippen molar-refractivity contribution in [2.24, 2.45) is 5.92 Å². The van der Waals surface area contributed by atoms with Crippen LogP contribution < -0.4 is 5.32 Å². The summed E-state index contributed by atoms with van der Waals surface area (Å²) >= 11 is 1.62. The third-order valence-corrected chi connectivity index (χ3v) is 5.19. The van der Waals surface area contributed by atoms with Gasteiger partial charge < -0.3 is 5.32 Å². The van der Waals surface area contributed by atoms with Gasteiger partial charge >= 0.3 is 0 Å². The maximum Gasteiger partial charge on any atom is 0.184 e. The average Bonchev–Trinajstić information content (AvgIpc) is 2.82. The zero-order valence-corrected chi connectivity index (χ0v) is 12.7. The molecule has 1 aliphatic carbocycles. The number of fused-ring (bicyclic) bond motifs is 1. The molecule has 1 aromatic carbocycles. The summed E-state index contributed by atoms with van der Waals surface area (Å²) in [6.45, 7) is 2.27. The second kappa shape index (κ2) is 6.08. The molecule has 0 radical (unpaired) electrons. The molecule has 1 aliphatic rings. The number of nitrogens with one attached hydrogen (secondary N) is 1. The number of anilines is 1. The van der Waals surface area contributed by atoms with E-state index in [0.29, 0.717) is 6.04 Å². The van der Waals surface area contributed by atoms with Crippen molar-refractivity contribution in [2.75, 3.05) is 5.32 Å². The summed E-state index contributed by atoms with van der Waals surface area (Å²) in [5, 5.41) is 4.47. The first kappa shape index (κ1) is 13.8. The molecular weight excluding hydrogens is 271 g/mol. The first-order chi connectivity index (χ1) is 9.74. The largest absolute Gasteiger partial charge is 0.359 e. The minimum Gasteiger partial charge on any atom is -0.359 e. The molecule has 1 aromatic heterocycles. The topological polar surface area (TPSA) is 24.9 Å². The lowest BCUT2D eigenvalue weighted by molar-refractivity contribution is 0.319. The van der Waals surface area contributed by atoms with Crippen LogP contribution in [0.4, 0.5) is 9.52 Å². The summed E-state index contributed by atoms with van der Waals surface area (Å²) in [6, 6.07) is 5.36. The van der Waals surface area contributed by atoms with Crippen molar-refractivity contribution >= 4 is 26.7 Å². The lowest BCUT2D eigenvalue weighted by atomic mass is 9.83. The van der Waals surface area contributed by atoms with Crippen LogP contribution in [0.1, 0.15) is 45.4 Å². The molecule has 0 atom stereocenters. The fraction of sp³-hybridized carbons (Fsp3) is 0.562. The highest BCUT2D eigenvalue weighted by Gasteiger charge is 2.21. The van der Waals surface area contributed by atoms with E-state index in [0.717, 1.165) is 21.3 Å². The quantitative estimate of drug-likeness (QED) is 0.837. The lowest BCUT2D eigenvalue weighted by Gasteiger charge is -2.28. The van der Waals surface area contributed by atoms with Gasteiger partial charge in [-0.25, -0.2) is 9.37 Å². The second-order valence-corrected chi connectivity index (χ2v) is 6.81. The van der Waals surface area contributed by atoms with E-state index in [9.17, 15) is 4.39 Å². The number of halogens is 1. The molecular formula is C16H21FN2S. The van der Waals surface area contributed by atoms with Crippen LogP contribution in [0.15, 0.2) is 18.2 Å². The molecule has 108 valence electrons. The number of hydrogen-bond acceptors (Lipinski definition) is 3. The van der Waals surface area contributed by atoms with Crippen molar-refractivity contribution in [3.05, 3.63) is 24.0 Å². The number of benzene rings is 1. The molecule has 20 heavy (non-hydrogen) atoms. The van der Waals surface area contributed by atoms with Crippen molar-refractivity contribution in [1.82, 2.24) is 4.98 Å². The Morgan fingerprint density at radius 2 is 2.10 bits per heavy atom. The van der Waals surface area contributed by atoms with Crippen molar-refractivity contribution in [3.63, 3.8) is 0 Å². The number of thiazole rings is 1. The van der Waals surface area contributed by atoms with Gasteiger partial charge in [0.1, 0.15) is 5.82 Å². The molecule has 4 heteroatoms. The molecule has 3 rings (SSSR count). The van der Waals surface area contributed by atoms with Crippen LogP contribution in [-0.4, -0.2) is 11.0 Å². The highest BCUT2D eigenvalue weighted by molar-refractivity contribution is 7.22. The maximum atomic E-state index is 13.2. The molecule has 1 fully saturated rings. The van der Waals surface area contributed by atoms with Gasteiger partial charge in [0.15, 0.2) is 5.13 Å². The summed E-state index contributed by atoms with van der Waals surface area (Å²) in [5.74, 6) is 0.705. The van der Waals surface area contributed by atoms with Crippen LogP contribution in [-0.2, 0) is 0 Å². The summed E-state index contributed by atoms with van der Waals surface area (Å²) < 4.78 is 14.2. The van der Waals surface area contributed by atoms with Crippen LogP contribution in [0.3, 0.4) is 0 Å². The van der Waals surface area contributed by atoms with Gasteiger partial charge in [0, 0.05) is 12.1 Å². The minimum absolute atomic E-state index is 0.213.